The van der Waals surface area contributed by atoms with Gasteiger partial charge in [-0.3, -0.25) is 0 Å². The van der Waals surface area contributed by atoms with Gasteiger partial charge in [-0.15, -0.1) is 0 Å². The number of methoxy groups -OCH3 is 1. The first kappa shape index (κ1) is 23.4. The van der Waals surface area contributed by atoms with E-state index in [1.165, 1.54) is 4.31 Å². The molecule has 0 unspecified atom stereocenters. The highest BCUT2D eigenvalue weighted by molar-refractivity contribution is 7.90. The van der Waals surface area contributed by atoms with Crippen LogP contribution in [-0.2, 0) is 20.0 Å². The molecule has 12 heteroatoms. The molecule has 0 radical (unpaired) electrons. The second-order valence-corrected chi connectivity index (χ2v) is 10.7. The van der Waals surface area contributed by atoms with E-state index in [0.717, 1.165) is 11.8 Å². The number of hydrogen-bond acceptors (Lipinski definition) is 6. The van der Waals surface area contributed by atoms with Gasteiger partial charge < -0.3 is 9.64 Å². The number of ether oxygens (including phenoxy) is 1. The lowest BCUT2D eigenvalue weighted by Crippen LogP contribution is -2.50. The minimum absolute atomic E-state index is 0.228. The Bertz CT molecular complexity index is 1130. The second-order valence-electron chi connectivity index (χ2n) is 6.85. The zero-order chi connectivity index (χ0) is 22.6. The molecule has 0 aromatic heterocycles. The van der Waals surface area contributed by atoms with Gasteiger partial charge in [0, 0.05) is 32.7 Å². The highest BCUT2D eigenvalue weighted by Crippen LogP contribution is 2.28. The molecule has 2 aromatic rings. The standard InChI is InChI=1S/C19H23F2N3O5S2/c1-29-18-5-3-2-4-17(18)23-9-11-24(12-10-23)30(25,26)13-8-22-31(27,28)19-14-15(20)6-7-16(19)21/h2-7,14,22H,8-13H2,1H3. The van der Waals surface area contributed by atoms with Crippen molar-refractivity contribution in [2.75, 3.05) is 50.5 Å². The number of rotatable bonds is 8. The summed E-state index contributed by atoms with van der Waals surface area (Å²) in [6.07, 6.45) is 0. The summed E-state index contributed by atoms with van der Waals surface area (Å²) in [4.78, 5) is 1.15. The number of nitrogens with zero attached hydrogens (tertiary/aromatic N) is 2. The van der Waals surface area contributed by atoms with Crippen molar-refractivity contribution < 1.29 is 30.4 Å². The van der Waals surface area contributed by atoms with Crippen molar-refractivity contribution in [1.29, 1.82) is 0 Å². The Labute approximate surface area is 180 Å². The molecule has 1 aliphatic heterocycles. The normalized spacial score (nSPS) is 15.8. The van der Waals surface area contributed by atoms with Crippen LogP contribution < -0.4 is 14.4 Å². The van der Waals surface area contributed by atoms with Crippen LogP contribution in [0, 0.1) is 11.6 Å². The molecule has 0 spiro atoms. The molecule has 0 amide bonds. The van der Waals surface area contributed by atoms with E-state index in [9.17, 15) is 25.6 Å². The van der Waals surface area contributed by atoms with E-state index in [0.29, 0.717) is 31.0 Å². The van der Waals surface area contributed by atoms with Gasteiger partial charge in [0.15, 0.2) is 0 Å². The van der Waals surface area contributed by atoms with Crippen LogP contribution in [0.4, 0.5) is 14.5 Å². The molecule has 2 aromatic carbocycles. The number of hydrogen-bond donors (Lipinski definition) is 1. The Kier molecular flexibility index (Phi) is 7.14. The minimum Gasteiger partial charge on any atom is -0.495 e. The third kappa shape index (κ3) is 5.50. The fraction of sp³-hybridized carbons (Fsp3) is 0.368. The molecule has 0 aliphatic carbocycles. The van der Waals surface area contributed by atoms with Crippen LogP contribution >= 0.6 is 0 Å². The number of benzene rings is 2. The topological polar surface area (TPSA) is 96.0 Å². The van der Waals surface area contributed by atoms with Gasteiger partial charge in [-0.1, -0.05) is 12.1 Å². The first-order valence-electron chi connectivity index (χ1n) is 9.44. The summed E-state index contributed by atoms with van der Waals surface area (Å²) in [5.74, 6) is -1.85. The van der Waals surface area contributed by atoms with Gasteiger partial charge in [0.25, 0.3) is 0 Å². The molecule has 1 aliphatic rings. The lowest BCUT2D eigenvalue weighted by atomic mass is 10.2. The molecule has 170 valence electrons. The predicted molar refractivity (Wildman–Crippen MR) is 112 cm³/mol. The molecule has 31 heavy (non-hydrogen) atoms. The lowest BCUT2D eigenvalue weighted by molar-refractivity contribution is 0.378. The summed E-state index contributed by atoms with van der Waals surface area (Å²) in [6, 6.07) is 9.47. The number of para-hydroxylation sites is 2. The molecule has 8 nitrogen and oxygen atoms in total. The lowest BCUT2D eigenvalue weighted by Gasteiger charge is -2.35. The first-order valence-corrected chi connectivity index (χ1v) is 12.5. The zero-order valence-electron chi connectivity index (χ0n) is 16.8. The second kappa shape index (κ2) is 9.47. The van der Waals surface area contributed by atoms with E-state index in [1.54, 1.807) is 7.11 Å². The maximum Gasteiger partial charge on any atom is 0.243 e. The van der Waals surface area contributed by atoms with E-state index in [-0.39, 0.29) is 13.1 Å². The zero-order valence-corrected chi connectivity index (χ0v) is 18.4. The van der Waals surface area contributed by atoms with Crippen molar-refractivity contribution >= 4 is 25.7 Å². The van der Waals surface area contributed by atoms with Crippen LogP contribution in [-0.4, -0.2) is 66.7 Å². The quantitative estimate of drug-likeness (QED) is 0.620. The van der Waals surface area contributed by atoms with Crippen LogP contribution in [0.1, 0.15) is 0 Å². The molecule has 1 saturated heterocycles. The van der Waals surface area contributed by atoms with Crippen molar-refractivity contribution in [1.82, 2.24) is 9.03 Å². The van der Waals surface area contributed by atoms with Gasteiger partial charge in [-0.2, -0.15) is 4.31 Å². The van der Waals surface area contributed by atoms with Crippen LogP contribution in [0.5, 0.6) is 5.75 Å². The molecule has 1 heterocycles. The molecule has 0 atom stereocenters. The maximum absolute atomic E-state index is 13.7. The van der Waals surface area contributed by atoms with Crippen molar-refractivity contribution in [2.45, 2.75) is 4.90 Å². The van der Waals surface area contributed by atoms with Crippen molar-refractivity contribution in [3.63, 3.8) is 0 Å². The number of halogens is 2. The SMILES string of the molecule is COc1ccccc1N1CCN(S(=O)(=O)CCNS(=O)(=O)c2cc(F)ccc2F)CC1. The van der Waals surface area contributed by atoms with E-state index in [2.05, 4.69) is 0 Å². The van der Waals surface area contributed by atoms with Crippen molar-refractivity contribution in [2.24, 2.45) is 0 Å². The average Bonchev–Trinajstić information content (AvgIpc) is 2.75. The Morgan fingerprint density at radius 2 is 1.68 bits per heavy atom. The number of anilines is 1. The molecule has 0 bridgehead atoms. The summed E-state index contributed by atoms with van der Waals surface area (Å²) in [5.41, 5.74) is 0.868. The van der Waals surface area contributed by atoms with Gasteiger partial charge in [0.1, 0.15) is 22.3 Å². The van der Waals surface area contributed by atoms with Gasteiger partial charge in [-0.05, 0) is 30.3 Å². The fourth-order valence-corrected chi connectivity index (χ4v) is 5.88. The van der Waals surface area contributed by atoms with Gasteiger partial charge in [-0.25, -0.2) is 30.3 Å². The minimum atomic E-state index is -4.39. The molecular weight excluding hydrogens is 452 g/mol. The maximum atomic E-state index is 13.7. The summed E-state index contributed by atoms with van der Waals surface area (Å²) < 4.78 is 85.2. The Balaban J connectivity index is 1.58. The molecule has 1 fully saturated rings. The Hall–Kier alpha value is -2.28. The third-order valence-corrected chi connectivity index (χ3v) is 8.24. The summed E-state index contributed by atoms with van der Waals surface area (Å²) in [7, 11) is -6.57. The van der Waals surface area contributed by atoms with Gasteiger partial charge in [0.05, 0.1) is 18.6 Å². The summed E-state index contributed by atoms with van der Waals surface area (Å²) in [6.45, 7) is 0.879. The van der Waals surface area contributed by atoms with E-state index in [1.807, 2.05) is 33.9 Å². The largest absolute Gasteiger partial charge is 0.495 e. The predicted octanol–water partition coefficient (Wildman–Crippen LogP) is 1.40. The summed E-state index contributed by atoms with van der Waals surface area (Å²) >= 11 is 0. The Morgan fingerprint density at radius 1 is 1.00 bits per heavy atom. The fourth-order valence-electron chi connectivity index (χ4n) is 3.29. The smallest absolute Gasteiger partial charge is 0.243 e. The summed E-state index contributed by atoms with van der Waals surface area (Å²) in [5, 5.41) is 0. The Morgan fingerprint density at radius 3 is 2.35 bits per heavy atom. The van der Waals surface area contributed by atoms with Crippen molar-refractivity contribution in [3.8, 4) is 5.75 Å². The third-order valence-electron chi connectivity index (χ3n) is 4.89. The van der Waals surface area contributed by atoms with E-state index in [4.69, 9.17) is 4.74 Å². The number of nitrogens with one attached hydrogen (secondary N) is 1. The van der Waals surface area contributed by atoms with Crippen LogP contribution in [0.15, 0.2) is 47.4 Å². The van der Waals surface area contributed by atoms with Crippen LogP contribution in [0.3, 0.4) is 0 Å². The first-order chi connectivity index (χ1) is 14.6. The van der Waals surface area contributed by atoms with Crippen molar-refractivity contribution in [3.05, 3.63) is 54.1 Å². The average molecular weight is 476 g/mol. The van der Waals surface area contributed by atoms with Crippen LogP contribution in [0.25, 0.3) is 0 Å². The highest BCUT2D eigenvalue weighted by atomic mass is 32.2. The van der Waals surface area contributed by atoms with Crippen LogP contribution in [0.2, 0.25) is 0 Å². The monoisotopic (exact) mass is 475 g/mol. The van der Waals surface area contributed by atoms with Gasteiger partial charge in [0.2, 0.25) is 20.0 Å². The number of sulfonamides is 2. The molecule has 0 saturated carbocycles. The molecule has 1 N–H and O–H groups in total. The van der Waals surface area contributed by atoms with Gasteiger partial charge >= 0.3 is 0 Å². The molecule has 3 rings (SSSR count). The number of piperazine rings is 1. The van der Waals surface area contributed by atoms with E-state index >= 15 is 0 Å². The highest BCUT2D eigenvalue weighted by Gasteiger charge is 2.28. The van der Waals surface area contributed by atoms with E-state index < -0.39 is 48.9 Å². The molecular formula is C19H23F2N3O5S2.